The van der Waals surface area contributed by atoms with Crippen LogP contribution in [0.4, 0.5) is 0 Å². The third kappa shape index (κ3) is 22.0. The Bertz CT molecular complexity index is 1250. The molecule has 0 spiro atoms. The third-order valence-electron chi connectivity index (χ3n) is 6.70. The first-order chi connectivity index (χ1) is 23.4. The molecule has 282 valence electrons. The van der Waals surface area contributed by atoms with Crippen molar-refractivity contribution in [3.05, 3.63) is 0 Å². The Labute approximate surface area is 288 Å². The molecule has 0 aliphatic carbocycles. The number of carbonyl (C=O) groups is 8. The van der Waals surface area contributed by atoms with Crippen molar-refractivity contribution in [3.8, 4) is 0 Å². The Hall–Kier alpha value is -5.70. The number of hydrogen-bond acceptors (Lipinski definition) is 10. The highest BCUT2D eigenvalue weighted by atomic mass is 16.4. The summed E-state index contributed by atoms with van der Waals surface area (Å²) in [6.07, 6.45) is -0.880. The third-order valence-corrected chi connectivity index (χ3v) is 6.70. The zero-order valence-corrected chi connectivity index (χ0v) is 27.9. The zero-order chi connectivity index (χ0) is 38.2. The summed E-state index contributed by atoms with van der Waals surface area (Å²) < 4.78 is 0. The lowest BCUT2D eigenvalue weighted by Gasteiger charge is -2.23. The minimum absolute atomic E-state index is 0.0569. The lowest BCUT2D eigenvalue weighted by atomic mass is 10.1. The van der Waals surface area contributed by atoms with Gasteiger partial charge < -0.3 is 65.5 Å². The van der Waals surface area contributed by atoms with Gasteiger partial charge in [-0.2, -0.15) is 0 Å². The number of nitrogens with two attached hydrogens (primary N) is 5. The van der Waals surface area contributed by atoms with E-state index < -0.39 is 84.4 Å². The fraction of sp³-hybridized carbons (Fsp3) is 0.643. The number of rotatable bonds is 26. The number of aliphatic carboxylic acids is 2. The average Bonchev–Trinajstić information content (AvgIpc) is 3.01. The van der Waals surface area contributed by atoms with E-state index in [9.17, 15) is 38.4 Å². The topological polar surface area (TPSA) is 392 Å². The van der Waals surface area contributed by atoms with Gasteiger partial charge in [0.15, 0.2) is 11.9 Å². The molecule has 0 radical (unpaired) electrons. The van der Waals surface area contributed by atoms with Crippen LogP contribution in [0.25, 0.3) is 0 Å². The molecule has 50 heavy (non-hydrogen) atoms. The molecule has 4 unspecified atom stereocenters. The van der Waals surface area contributed by atoms with Crippen molar-refractivity contribution in [2.45, 2.75) is 95.3 Å². The minimum Gasteiger partial charge on any atom is -0.481 e. The summed E-state index contributed by atoms with van der Waals surface area (Å²) in [6, 6.07) is -4.84. The van der Waals surface area contributed by atoms with Crippen LogP contribution in [0.15, 0.2) is 9.98 Å². The normalized spacial score (nSPS) is 12.8. The second-order valence-corrected chi connectivity index (χ2v) is 11.1. The van der Waals surface area contributed by atoms with Gasteiger partial charge in [-0.05, 0) is 44.9 Å². The summed E-state index contributed by atoms with van der Waals surface area (Å²) in [5, 5.41) is 30.2. The van der Waals surface area contributed by atoms with Gasteiger partial charge in [-0.3, -0.25) is 48.3 Å². The van der Waals surface area contributed by atoms with Gasteiger partial charge in [0.05, 0.1) is 0 Å². The van der Waals surface area contributed by atoms with E-state index in [-0.39, 0.29) is 76.5 Å². The van der Waals surface area contributed by atoms with Crippen LogP contribution in [0.3, 0.4) is 0 Å². The molecule has 0 bridgehead atoms. The van der Waals surface area contributed by atoms with Crippen molar-refractivity contribution in [1.29, 1.82) is 0 Å². The molecule has 0 rings (SSSR count). The van der Waals surface area contributed by atoms with Crippen LogP contribution in [0.5, 0.6) is 0 Å². The fourth-order valence-electron chi connectivity index (χ4n) is 4.27. The number of hydrogen-bond donors (Lipinski definition) is 12. The predicted molar refractivity (Wildman–Crippen MR) is 178 cm³/mol. The molecule has 17 N–H and O–H groups in total. The van der Waals surface area contributed by atoms with E-state index in [0.717, 1.165) is 6.92 Å². The summed E-state index contributed by atoms with van der Waals surface area (Å²) in [5.74, 6) is -7.16. The summed E-state index contributed by atoms with van der Waals surface area (Å²) in [4.78, 5) is 105. The van der Waals surface area contributed by atoms with Crippen LogP contribution in [0, 0.1) is 0 Å². The summed E-state index contributed by atoms with van der Waals surface area (Å²) in [7, 11) is 0. The van der Waals surface area contributed by atoms with Crippen molar-refractivity contribution in [3.63, 3.8) is 0 Å². The highest BCUT2D eigenvalue weighted by molar-refractivity contribution is 5.93. The molecule has 0 heterocycles. The maximum absolute atomic E-state index is 13.1. The molecular formula is C28H50N12O10. The standard InChI is InChI=1S/C28H50N12O10/c1-15(41)37-19(9-11-22(45)46)26(50)40-18(8-10-21(43)44)24(48)34-12-4-7-20(42)38-17(6-3-14-36-28(32)33)25(49)39-16(23(29)47)5-2-13-35-27(30)31/h16-19H,2-14H2,1H3,(H2,29,47)(H,34,48)(H,37,41)(H,38,42)(H,39,49)(H,40,50)(H,43,44)(H,45,46)(H4,30,31,35)(H4,32,33,36). The first-order valence-electron chi connectivity index (χ1n) is 15.7. The van der Waals surface area contributed by atoms with E-state index in [1.165, 1.54) is 0 Å². The summed E-state index contributed by atoms with van der Waals surface area (Å²) >= 11 is 0. The lowest BCUT2D eigenvalue weighted by molar-refractivity contribution is -0.139. The molecule has 0 aromatic heterocycles. The largest absolute Gasteiger partial charge is 0.481 e. The Morgan fingerprint density at radius 2 is 1.00 bits per heavy atom. The molecule has 6 amide bonds. The van der Waals surface area contributed by atoms with Crippen LogP contribution < -0.4 is 55.3 Å². The Balaban J connectivity index is 5.37. The van der Waals surface area contributed by atoms with Gasteiger partial charge in [-0.1, -0.05) is 0 Å². The van der Waals surface area contributed by atoms with E-state index in [1.807, 2.05) is 0 Å². The van der Waals surface area contributed by atoms with Crippen molar-refractivity contribution in [2.75, 3.05) is 19.6 Å². The second kappa shape index (κ2) is 24.4. The number of guanidine groups is 2. The van der Waals surface area contributed by atoms with Gasteiger partial charge in [-0.25, -0.2) is 0 Å². The van der Waals surface area contributed by atoms with Crippen LogP contribution in [-0.4, -0.2) is 113 Å². The first kappa shape index (κ1) is 44.3. The highest BCUT2D eigenvalue weighted by Gasteiger charge is 2.28. The van der Waals surface area contributed by atoms with Gasteiger partial charge in [0.1, 0.15) is 24.2 Å². The number of aliphatic imine (C=N–C) groups is 2. The van der Waals surface area contributed by atoms with Gasteiger partial charge in [0.25, 0.3) is 0 Å². The molecule has 0 aliphatic rings. The molecule has 4 atom stereocenters. The zero-order valence-electron chi connectivity index (χ0n) is 27.9. The van der Waals surface area contributed by atoms with E-state index in [0.29, 0.717) is 6.42 Å². The molecule has 0 aliphatic heterocycles. The predicted octanol–water partition coefficient (Wildman–Crippen LogP) is -4.84. The smallest absolute Gasteiger partial charge is 0.303 e. The Morgan fingerprint density at radius 1 is 0.560 bits per heavy atom. The molecule has 0 aromatic rings. The molecular weight excluding hydrogens is 664 g/mol. The number of primary amides is 1. The van der Waals surface area contributed by atoms with Crippen molar-refractivity contribution < 1.29 is 48.6 Å². The number of nitrogens with one attached hydrogen (secondary N) is 5. The van der Waals surface area contributed by atoms with Crippen LogP contribution >= 0.6 is 0 Å². The van der Waals surface area contributed by atoms with Gasteiger partial charge in [0, 0.05) is 45.8 Å². The monoisotopic (exact) mass is 714 g/mol. The Kier molecular flexibility index (Phi) is 21.7. The van der Waals surface area contributed by atoms with E-state index in [4.69, 9.17) is 38.9 Å². The molecule has 22 heteroatoms. The van der Waals surface area contributed by atoms with Crippen LogP contribution in [0.2, 0.25) is 0 Å². The van der Waals surface area contributed by atoms with Gasteiger partial charge in [-0.15, -0.1) is 0 Å². The van der Waals surface area contributed by atoms with E-state index in [1.54, 1.807) is 0 Å². The SMILES string of the molecule is CC(=O)NC(CCC(=O)O)C(=O)NC(CCC(=O)O)C(=O)NCCCC(=O)NC(CCCN=C(N)N)C(=O)NC(CCCN=C(N)N)C(N)=O. The average molecular weight is 715 g/mol. The van der Waals surface area contributed by atoms with Crippen molar-refractivity contribution in [2.24, 2.45) is 38.7 Å². The molecule has 22 nitrogen and oxygen atoms in total. The lowest BCUT2D eigenvalue weighted by Crippen LogP contribution is -2.54. The number of nitrogens with zero attached hydrogens (tertiary/aromatic N) is 2. The molecule has 0 saturated heterocycles. The maximum atomic E-state index is 13.1. The number of carbonyl (C=O) groups excluding carboxylic acids is 6. The Morgan fingerprint density at radius 3 is 1.44 bits per heavy atom. The molecule has 0 aromatic carbocycles. The molecule has 0 fully saturated rings. The van der Waals surface area contributed by atoms with Crippen molar-refractivity contribution >= 4 is 59.3 Å². The van der Waals surface area contributed by atoms with E-state index >= 15 is 0 Å². The quantitative estimate of drug-likeness (QED) is 0.0227. The summed E-state index contributed by atoms with van der Waals surface area (Å²) in [6.45, 7) is 1.36. The van der Waals surface area contributed by atoms with Gasteiger partial charge >= 0.3 is 11.9 Å². The second-order valence-electron chi connectivity index (χ2n) is 11.1. The van der Waals surface area contributed by atoms with Gasteiger partial charge in [0.2, 0.25) is 35.4 Å². The summed E-state index contributed by atoms with van der Waals surface area (Å²) in [5.41, 5.74) is 26.7. The highest BCUT2D eigenvalue weighted by Crippen LogP contribution is 2.06. The fourth-order valence-corrected chi connectivity index (χ4v) is 4.27. The number of carboxylic acids is 2. The first-order valence-corrected chi connectivity index (χ1v) is 15.7. The van der Waals surface area contributed by atoms with Crippen LogP contribution in [-0.2, 0) is 38.4 Å². The molecule has 0 saturated carbocycles. The van der Waals surface area contributed by atoms with Crippen LogP contribution in [0.1, 0.15) is 71.1 Å². The number of amides is 6. The van der Waals surface area contributed by atoms with Crippen molar-refractivity contribution in [1.82, 2.24) is 26.6 Å². The van der Waals surface area contributed by atoms with E-state index in [2.05, 4.69) is 36.6 Å². The maximum Gasteiger partial charge on any atom is 0.303 e. The minimum atomic E-state index is -1.36. The number of carboxylic acid groups (broad SMARTS) is 2.